The van der Waals surface area contributed by atoms with Crippen LogP contribution in [0.3, 0.4) is 0 Å². The fourth-order valence-electron chi connectivity index (χ4n) is 2.55. The molecule has 0 spiro atoms. The summed E-state index contributed by atoms with van der Waals surface area (Å²) in [5.74, 6) is 0.727. The molecule has 1 amide bonds. The molecular weight excluding hydrogens is 344 g/mol. The van der Waals surface area contributed by atoms with Crippen LogP contribution < -0.4 is 10.1 Å². The highest BCUT2D eigenvalue weighted by molar-refractivity contribution is 7.14. The maximum absolute atomic E-state index is 12.5. The summed E-state index contributed by atoms with van der Waals surface area (Å²) in [5, 5.41) is 5.44. The van der Waals surface area contributed by atoms with Crippen LogP contribution in [0.5, 0.6) is 5.75 Å². The fourth-order valence-corrected chi connectivity index (χ4v) is 3.27. The second-order valence-corrected chi connectivity index (χ2v) is 7.04. The van der Waals surface area contributed by atoms with E-state index in [4.69, 9.17) is 4.74 Å². The summed E-state index contributed by atoms with van der Waals surface area (Å²) in [5.41, 5.74) is 4.53. The molecular formula is C21H22N2O2S. The maximum atomic E-state index is 12.5. The molecule has 0 atom stereocenters. The van der Waals surface area contributed by atoms with Crippen LogP contribution in [0.25, 0.3) is 11.3 Å². The number of amides is 1. The standard InChI is InChI=1S/C21H22N2O2S/c1-4-11-25-17-9-7-16(8-10-17)19-13-26-21(22-19)23-20(24)18-12-14(2)5-6-15(18)3/h5-10,12-13H,4,11H2,1-3H3,(H,22,23,24). The van der Waals surface area contributed by atoms with Gasteiger partial charge in [-0.3, -0.25) is 10.1 Å². The molecule has 4 nitrogen and oxygen atoms in total. The van der Waals surface area contributed by atoms with Crippen molar-refractivity contribution in [3.05, 3.63) is 64.5 Å². The van der Waals surface area contributed by atoms with E-state index in [1.54, 1.807) is 0 Å². The van der Waals surface area contributed by atoms with E-state index in [0.717, 1.165) is 34.6 Å². The van der Waals surface area contributed by atoms with E-state index in [1.807, 2.05) is 61.7 Å². The first kappa shape index (κ1) is 18.1. The van der Waals surface area contributed by atoms with Crippen molar-refractivity contribution in [1.29, 1.82) is 0 Å². The van der Waals surface area contributed by atoms with Crippen molar-refractivity contribution in [2.24, 2.45) is 0 Å². The Balaban J connectivity index is 1.71. The summed E-state index contributed by atoms with van der Waals surface area (Å²) in [6.07, 6.45) is 0.983. The van der Waals surface area contributed by atoms with Crippen LogP contribution >= 0.6 is 11.3 Å². The predicted molar refractivity (Wildman–Crippen MR) is 107 cm³/mol. The van der Waals surface area contributed by atoms with Gasteiger partial charge in [0.25, 0.3) is 5.91 Å². The van der Waals surface area contributed by atoms with Crippen molar-refractivity contribution >= 4 is 22.4 Å². The zero-order valence-electron chi connectivity index (χ0n) is 15.2. The molecule has 0 aliphatic heterocycles. The number of nitrogens with one attached hydrogen (secondary N) is 1. The molecule has 0 radical (unpaired) electrons. The van der Waals surface area contributed by atoms with Crippen molar-refractivity contribution in [1.82, 2.24) is 4.98 Å². The molecule has 0 fully saturated rings. The van der Waals surface area contributed by atoms with E-state index in [0.29, 0.717) is 17.3 Å². The van der Waals surface area contributed by atoms with Crippen molar-refractivity contribution in [3.63, 3.8) is 0 Å². The first-order valence-corrected chi connectivity index (χ1v) is 9.52. The molecule has 0 saturated carbocycles. The third-order valence-corrected chi connectivity index (χ3v) is 4.74. The Kier molecular flexibility index (Phi) is 5.68. The van der Waals surface area contributed by atoms with Crippen LogP contribution in [0.1, 0.15) is 34.8 Å². The summed E-state index contributed by atoms with van der Waals surface area (Å²) in [6, 6.07) is 13.7. The first-order chi connectivity index (χ1) is 12.6. The lowest BCUT2D eigenvalue weighted by atomic mass is 10.1. The van der Waals surface area contributed by atoms with Gasteiger partial charge >= 0.3 is 0 Å². The first-order valence-electron chi connectivity index (χ1n) is 8.64. The van der Waals surface area contributed by atoms with E-state index in [1.165, 1.54) is 11.3 Å². The molecule has 3 rings (SSSR count). The largest absolute Gasteiger partial charge is 0.494 e. The zero-order chi connectivity index (χ0) is 18.5. The van der Waals surface area contributed by atoms with Crippen LogP contribution in [-0.2, 0) is 0 Å². The molecule has 0 unspecified atom stereocenters. The van der Waals surface area contributed by atoms with Crippen molar-refractivity contribution in [2.45, 2.75) is 27.2 Å². The Hall–Kier alpha value is -2.66. The number of rotatable bonds is 6. The average molecular weight is 366 g/mol. The quantitative estimate of drug-likeness (QED) is 0.629. The molecule has 3 aromatic rings. The minimum atomic E-state index is -0.129. The number of hydrogen-bond donors (Lipinski definition) is 1. The van der Waals surface area contributed by atoms with E-state index in [9.17, 15) is 4.79 Å². The van der Waals surface area contributed by atoms with Crippen molar-refractivity contribution < 1.29 is 9.53 Å². The topological polar surface area (TPSA) is 51.2 Å². The van der Waals surface area contributed by atoms with Gasteiger partial charge in [-0.1, -0.05) is 24.6 Å². The minimum Gasteiger partial charge on any atom is -0.494 e. The Labute approximate surface area is 157 Å². The highest BCUT2D eigenvalue weighted by Crippen LogP contribution is 2.27. The van der Waals surface area contributed by atoms with Crippen LogP contribution in [0.15, 0.2) is 47.8 Å². The van der Waals surface area contributed by atoms with E-state index in [-0.39, 0.29) is 5.91 Å². The number of hydrogen-bond acceptors (Lipinski definition) is 4. The molecule has 1 N–H and O–H groups in total. The van der Waals surface area contributed by atoms with Gasteiger partial charge < -0.3 is 4.74 Å². The summed E-state index contributed by atoms with van der Waals surface area (Å²) in [7, 11) is 0. The summed E-state index contributed by atoms with van der Waals surface area (Å²) in [4.78, 5) is 17.1. The van der Waals surface area contributed by atoms with E-state index >= 15 is 0 Å². The van der Waals surface area contributed by atoms with Gasteiger partial charge in [0, 0.05) is 16.5 Å². The second kappa shape index (κ2) is 8.15. The van der Waals surface area contributed by atoms with E-state index in [2.05, 4.69) is 17.2 Å². The number of anilines is 1. The van der Waals surface area contributed by atoms with Gasteiger partial charge in [0.2, 0.25) is 0 Å². The van der Waals surface area contributed by atoms with Crippen LogP contribution in [-0.4, -0.2) is 17.5 Å². The number of carbonyl (C=O) groups excluding carboxylic acids is 1. The van der Waals surface area contributed by atoms with Crippen LogP contribution in [0, 0.1) is 13.8 Å². The molecule has 1 aromatic heterocycles. The van der Waals surface area contributed by atoms with E-state index < -0.39 is 0 Å². The van der Waals surface area contributed by atoms with Gasteiger partial charge in [0.1, 0.15) is 5.75 Å². The molecule has 2 aromatic carbocycles. The average Bonchev–Trinajstić information content (AvgIpc) is 3.10. The molecule has 26 heavy (non-hydrogen) atoms. The normalized spacial score (nSPS) is 10.6. The highest BCUT2D eigenvalue weighted by Gasteiger charge is 2.12. The van der Waals surface area contributed by atoms with Gasteiger partial charge in [-0.2, -0.15) is 0 Å². The minimum absolute atomic E-state index is 0.129. The fraction of sp³-hybridized carbons (Fsp3) is 0.238. The maximum Gasteiger partial charge on any atom is 0.257 e. The lowest BCUT2D eigenvalue weighted by Gasteiger charge is -2.06. The van der Waals surface area contributed by atoms with Gasteiger partial charge in [-0.25, -0.2) is 4.98 Å². The Morgan fingerprint density at radius 1 is 1.15 bits per heavy atom. The third-order valence-electron chi connectivity index (χ3n) is 3.99. The number of nitrogens with zero attached hydrogens (tertiary/aromatic N) is 1. The highest BCUT2D eigenvalue weighted by atomic mass is 32.1. The van der Waals surface area contributed by atoms with Gasteiger partial charge in [-0.15, -0.1) is 11.3 Å². The lowest BCUT2D eigenvalue weighted by molar-refractivity contribution is 0.102. The Bertz CT molecular complexity index is 901. The number of aryl methyl sites for hydroxylation is 2. The van der Waals surface area contributed by atoms with Gasteiger partial charge in [-0.05, 0) is 56.2 Å². The number of thiazole rings is 1. The Morgan fingerprint density at radius 2 is 1.92 bits per heavy atom. The zero-order valence-corrected chi connectivity index (χ0v) is 16.0. The summed E-state index contributed by atoms with van der Waals surface area (Å²) < 4.78 is 5.60. The SMILES string of the molecule is CCCOc1ccc(-c2csc(NC(=O)c3cc(C)ccc3C)n2)cc1. The predicted octanol–water partition coefficient (Wildman–Crippen LogP) is 5.47. The van der Waals surface area contributed by atoms with Gasteiger partial charge in [0.15, 0.2) is 5.13 Å². The summed E-state index contributed by atoms with van der Waals surface area (Å²) >= 11 is 1.42. The third kappa shape index (κ3) is 4.29. The molecule has 0 aliphatic carbocycles. The Morgan fingerprint density at radius 3 is 2.65 bits per heavy atom. The molecule has 1 heterocycles. The number of ether oxygens (including phenoxy) is 1. The molecule has 5 heteroatoms. The molecule has 0 bridgehead atoms. The monoisotopic (exact) mass is 366 g/mol. The lowest BCUT2D eigenvalue weighted by Crippen LogP contribution is -2.13. The molecule has 0 saturated heterocycles. The molecule has 134 valence electrons. The van der Waals surface area contributed by atoms with Crippen LogP contribution in [0.2, 0.25) is 0 Å². The second-order valence-electron chi connectivity index (χ2n) is 6.18. The van der Waals surface area contributed by atoms with Crippen LogP contribution in [0.4, 0.5) is 5.13 Å². The van der Waals surface area contributed by atoms with Crippen molar-refractivity contribution in [2.75, 3.05) is 11.9 Å². The van der Waals surface area contributed by atoms with Crippen molar-refractivity contribution in [3.8, 4) is 17.0 Å². The number of benzene rings is 2. The number of aromatic nitrogens is 1. The summed E-state index contributed by atoms with van der Waals surface area (Å²) in [6.45, 7) is 6.71. The van der Waals surface area contributed by atoms with Gasteiger partial charge in [0.05, 0.1) is 12.3 Å². The smallest absolute Gasteiger partial charge is 0.257 e. The molecule has 0 aliphatic rings. The number of carbonyl (C=O) groups is 1.